The number of nitrogens with one attached hydrogen (secondary N) is 4. The standard InChI is InChI=1S/C25H39N5O5/c1-16(2)21(25(34)35)30-24(33)20(15-17-9-4-3-5-10-17)29-23(32)19(11-6-7-13-26)28-22(31)18-12-8-14-27-18/h3-5,9-10,16,18-21,27H,6-8,11-15,26H2,1-2H3,(H,28,31)(H,29,32)(H,30,33)(H,34,35). The van der Waals surface area contributed by atoms with Crippen LogP contribution in [0.4, 0.5) is 0 Å². The van der Waals surface area contributed by atoms with Crippen LogP contribution < -0.4 is 27.0 Å². The van der Waals surface area contributed by atoms with Gasteiger partial charge >= 0.3 is 5.97 Å². The highest BCUT2D eigenvalue weighted by Gasteiger charge is 2.32. The molecule has 1 aliphatic heterocycles. The second kappa shape index (κ2) is 14.4. The molecule has 7 N–H and O–H groups in total. The van der Waals surface area contributed by atoms with Gasteiger partial charge in [0.05, 0.1) is 6.04 Å². The van der Waals surface area contributed by atoms with Gasteiger partial charge in [-0.15, -0.1) is 0 Å². The Labute approximate surface area is 206 Å². The molecule has 0 aromatic heterocycles. The van der Waals surface area contributed by atoms with Crippen LogP contribution in [0.5, 0.6) is 0 Å². The third-order valence-electron chi connectivity index (χ3n) is 6.10. The maximum absolute atomic E-state index is 13.3. The second-order valence-electron chi connectivity index (χ2n) is 9.31. The first-order chi connectivity index (χ1) is 16.7. The van der Waals surface area contributed by atoms with E-state index in [0.29, 0.717) is 32.2 Å². The monoisotopic (exact) mass is 489 g/mol. The highest BCUT2D eigenvalue weighted by Crippen LogP contribution is 2.10. The van der Waals surface area contributed by atoms with E-state index < -0.39 is 35.9 Å². The van der Waals surface area contributed by atoms with Gasteiger partial charge in [-0.1, -0.05) is 44.2 Å². The van der Waals surface area contributed by atoms with Gasteiger partial charge in [-0.3, -0.25) is 14.4 Å². The maximum Gasteiger partial charge on any atom is 0.326 e. The highest BCUT2D eigenvalue weighted by molar-refractivity contribution is 5.94. The summed E-state index contributed by atoms with van der Waals surface area (Å²) in [6.07, 6.45) is 3.48. The molecular formula is C25H39N5O5. The molecule has 1 aromatic rings. The minimum Gasteiger partial charge on any atom is -0.480 e. The van der Waals surface area contributed by atoms with Crippen LogP contribution >= 0.6 is 0 Å². The van der Waals surface area contributed by atoms with Crippen molar-refractivity contribution >= 4 is 23.7 Å². The van der Waals surface area contributed by atoms with Crippen LogP contribution in [0.15, 0.2) is 30.3 Å². The van der Waals surface area contributed by atoms with Crippen molar-refractivity contribution in [2.24, 2.45) is 11.7 Å². The van der Waals surface area contributed by atoms with Crippen LogP contribution in [0.2, 0.25) is 0 Å². The summed E-state index contributed by atoms with van der Waals surface area (Å²) >= 11 is 0. The van der Waals surface area contributed by atoms with Crippen molar-refractivity contribution in [2.45, 2.75) is 76.5 Å². The maximum atomic E-state index is 13.3. The van der Waals surface area contributed by atoms with E-state index in [1.807, 2.05) is 30.3 Å². The van der Waals surface area contributed by atoms with Gasteiger partial charge in [-0.05, 0) is 56.7 Å². The average Bonchev–Trinajstić information content (AvgIpc) is 3.36. The number of rotatable bonds is 14. The smallest absolute Gasteiger partial charge is 0.326 e. The molecule has 3 amide bonds. The number of carboxylic acids is 1. The lowest BCUT2D eigenvalue weighted by Gasteiger charge is -2.26. The minimum absolute atomic E-state index is 0.177. The second-order valence-corrected chi connectivity index (χ2v) is 9.31. The summed E-state index contributed by atoms with van der Waals surface area (Å²) in [5.41, 5.74) is 6.40. The topological polar surface area (TPSA) is 163 Å². The Hall–Kier alpha value is -2.98. The summed E-state index contributed by atoms with van der Waals surface area (Å²) in [6, 6.07) is 5.88. The van der Waals surface area contributed by atoms with Gasteiger partial charge in [-0.2, -0.15) is 0 Å². The lowest BCUT2D eigenvalue weighted by atomic mass is 10.0. The molecule has 2 rings (SSSR count). The van der Waals surface area contributed by atoms with E-state index in [1.165, 1.54) is 0 Å². The zero-order chi connectivity index (χ0) is 25.8. The Morgan fingerprint density at radius 2 is 1.71 bits per heavy atom. The number of nitrogens with two attached hydrogens (primary N) is 1. The van der Waals surface area contributed by atoms with Crippen molar-refractivity contribution in [3.8, 4) is 0 Å². The average molecular weight is 490 g/mol. The highest BCUT2D eigenvalue weighted by atomic mass is 16.4. The fourth-order valence-corrected chi connectivity index (χ4v) is 4.04. The largest absolute Gasteiger partial charge is 0.480 e. The van der Waals surface area contributed by atoms with E-state index in [0.717, 1.165) is 18.5 Å². The number of unbranched alkanes of at least 4 members (excludes halogenated alkanes) is 1. The zero-order valence-electron chi connectivity index (χ0n) is 20.6. The number of carbonyl (C=O) groups excluding carboxylic acids is 3. The number of carbonyl (C=O) groups is 4. The van der Waals surface area contributed by atoms with Gasteiger partial charge < -0.3 is 32.1 Å². The van der Waals surface area contributed by atoms with Gasteiger partial charge in [0, 0.05) is 6.42 Å². The summed E-state index contributed by atoms with van der Waals surface area (Å²) in [7, 11) is 0. The number of carboxylic acid groups (broad SMARTS) is 1. The van der Waals surface area contributed by atoms with Gasteiger partial charge in [0.15, 0.2) is 0 Å². The van der Waals surface area contributed by atoms with E-state index in [-0.39, 0.29) is 24.3 Å². The molecule has 1 fully saturated rings. The number of aliphatic carboxylic acids is 1. The Kier molecular flexibility index (Phi) is 11.6. The van der Waals surface area contributed by atoms with E-state index in [9.17, 15) is 24.3 Å². The first-order valence-electron chi connectivity index (χ1n) is 12.3. The molecule has 0 bridgehead atoms. The lowest BCUT2D eigenvalue weighted by Crippen LogP contribution is -2.58. The van der Waals surface area contributed by atoms with Crippen LogP contribution in [0.25, 0.3) is 0 Å². The van der Waals surface area contributed by atoms with E-state index >= 15 is 0 Å². The van der Waals surface area contributed by atoms with Crippen LogP contribution in [0, 0.1) is 5.92 Å². The zero-order valence-corrected chi connectivity index (χ0v) is 20.6. The third kappa shape index (κ3) is 9.29. The molecule has 35 heavy (non-hydrogen) atoms. The number of amides is 3. The molecule has 1 aromatic carbocycles. The fourth-order valence-electron chi connectivity index (χ4n) is 4.04. The Morgan fingerprint density at radius 1 is 1.03 bits per heavy atom. The van der Waals surface area contributed by atoms with E-state index in [1.54, 1.807) is 13.8 Å². The Bertz CT molecular complexity index is 842. The predicted octanol–water partition coefficient (Wildman–Crippen LogP) is 0.305. The van der Waals surface area contributed by atoms with Crippen LogP contribution in [0.3, 0.4) is 0 Å². The SMILES string of the molecule is CC(C)C(NC(=O)C(Cc1ccccc1)NC(=O)C(CCCCN)NC(=O)C1CCCN1)C(=O)O. The fraction of sp³-hybridized carbons (Fsp3) is 0.600. The molecule has 10 nitrogen and oxygen atoms in total. The number of benzene rings is 1. The summed E-state index contributed by atoms with van der Waals surface area (Å²) in [6.45, 7) is 4.62. The third-order valence-corrected chi connectivity index (χ3v) is 6.10. The van der Waals surface area contributed by atoms with Crippen LogP contribution in [-0.4, -0.2) is 66.1 Å². The lowest BCUT2D eigenvalue weighted by molar-refractivity contribution is -0.143. The van der Waals surface area contributed by atoms with Crippen molar-refractivity contribution in [1.29, 1.82) is 0 Å². The van der Waals surface area contributed by atoms with Gasteiger partial charge in [-0.25, -0.2) is 4.79 Å². The first kappa shape index (κ1) is 28.3. The summed E-state index contributed by atoms with van der Waals surface area (Å²) in [5, 5.41) is 20.7. The molecule has 1 aliphatic rings. The summed E-state index contributed by atoms with van der Waals surface area (Å²) < 4.78 is 0. The van der Waals surface area contributed by atoms with Crippen LogP contribution in [-0.2, 0) is 25.6 Å². The van der Waals surface area contributed by atoms with E-state index in [4.69, 9.17) is 5.73 Å². The van der Waals surface area contributed by atoms with Gasteiger partial charge in [0.1, 0.15) is 18.1 Å². The quantitative estimate of drug-likeness (QED) is 0.205. The molecule has 0 saturated carbocycles. The van der Waals surface area contributed by atoms with Gasteiger partial charge in [0.25, 0.3) is 0 Å². The predicted molar refractivity (Wildman–Crippen MR) is 132 cm³/mol. The van der Waals surface area contributed by atoms with E-state index in [2.05, 4.69) is 21.3 Å². The molecule has 1 heterocycles. The van der Waals surface area contributed by atoms with Crippen LogP contribution in [0.1, 0.15) is 51.5 Å². The summed E-state index contributed by atoms with van der Waals surface area (Å²) in [5.74, 6) is -2.81. The van der Waals surface area contributed by atoms with Crippen molar-refractivity contribution in [3.05, 3.63) is 35.9 Å². The molecular weight excluding hydrogens is 450 g/mol. The molecule has 0 aliphatic carbocycles. The number of hydrogen-bond acceptors (Lipinski definition) is 6. The number of hydrogen-bond donors (Lipinski definition) is 6. The normalized spacial score (nSPS) is 17.9. The van der Waals surface area contributed by atoms with Crippen molar-refractivity contribution in [2.75, 3.05) is 13.1 Å². The molecule has 4 unspecified atom stereocenters. The molecule has 0 radical (unpaired) electrons. The molecule has 194 valence electrons. The van der Waals surface area contributed by atoms with Crippen molar-refractivity contribution in [1.82, 2.24) is 21.3 Å². The minimum atomic E-state index is -1.14. The van der Waals surface area contributed by atoms with Crippen molar-refractivity contribution < 1.29 is 24.3 Å². The summed E-state index contributed by atoms with van der Waals surface area (Å²) in [4.78, 5) is 50.7. The molecule has 4 atom stereocenters. The Balaban J connectivity index is 2.18. The van der Waals surface area contributed by atoms with Gasteiger partial charge in [0.2, 0.25) is 17.7 Å². The first-order valence-corrected chi connectivity index (χ1v) is 12.3. The molecule has 0 spiro atoms. The van der Waals surface area contributed by atoms with Crippen molar-refractivity contribution in [3.63, 3.8) is 0 Å². The molecule has 1 saturated heterocycles. The molecule has 10 heteroatoms. The Morgan fingerprint density at radius 3 is 2.29 bits per heavy atom.